The Morgan fingerprint density at radius 3 is 2.80 bits per heavy atom. The van der Waals surface area contributed by atoms with Crippen molar-refractivity contribution in [1.29, 1.82) is 0 Å². The smallest absolute Gasteiger partial charge is 0.236 e. The van der Waals surface area contributed by atoms with Gasteiger partial charge < -0.3 is 15.0 Å². The lowest BCUT2D eigenvalue weighted by Gasteiger charge is -2.33. The van der Waals surface area contributed by atoms with Crippen molar-refractivity contribution in [1.82, 2.24) is 20.0 Å². The van der Waals surface area contributed by atoms with Gasteiger partial charge in [-0.3, -0.25) is 14.6 Å². The molecule has 1 N–H and O–H groups in total. The minimum Gasteiger partial charge on any atom is -0.375 e. The molecule has 20 heavy (non-hydrogen) atoms. The van der Waals surface area contributed by atoms with Crippen LogP contribution in [0.4, 0.5) is 0 Å². The van der Waals surface area contributed by atoms with E-state index in [9.17, 15) is 4.79 Å². The average Bonchev–Trinajstić information content (AvgIpc) is 2.46. The highest BCUT2D eigenvalue weighted by atomic mass is 16.5. The van der Waals surface area contributed by atoms with Gasteiger partial charge in [0.05, 0.1) is 19.3 Å². The number of hydrogen-bond donors (Lipinski definition) is 1. The predicted octanol–water partition coefficient (Wildman–Crippen LogP) is -0.929. The topological polar surface area (TPSA) is 48.1 Å². The monoisotopic (exact) mass is 284 g/mol. The molecule has 1 amide bonds. The van der Waals surface area contributed by atoms with Gasteiger partial charge in [0.1, 0.15) is 0 Å². The Balaban J connectivity index is 1.65. The van der Waals surface area contributed by atoms with E-state index in [2.05, 4.69) is 15.1 Å². The van der Waals surface area contributed by atoms with Crippen LogP contribution in [0.3, 0.4) is 0 Å². The second-order valence-corrected chi connectivity index (χ2v) is 5.85. The number of hydrogen-bond acceptors (Lipinski definition) is 5. The first-order valence-corrected chi connectivity index (χ1v) is 7.66. The molecule has 2 fully saturated rings. The van der Waals surface area contributed by atoms with Crippen molar-refractivity contribution in [3.05, 3.63) is 0 Å². The highest BCUT2D eigenvalue weighted by Gasteiger charge is 2.22. The Morgan fingerprint density at radius 1 is 1.35 bits per heavy atom. The van der Waals surface area contributed by atoms with E-state index in [1.54, 1.807) is 0 Å². The maximum absolute atomic E-state index is 12.2. The molecule has 1 unspecified atom stereocenters. The van der Waals surface area contributed by atoms with Crippen LogP contribution in [0.5, 0.6) is 0 Å². The number of likely N-dealkylation sites (N-methyl/N-ethyl adjacent to an activating group) is 1. The molecule has 2 heterocycles. The van der Waals surface area contributed by atoms with E-state index in [1.807, 2.05) is 18.9 Å². The van der Waals surface area contributed by atoms with Gasteiger partial charge in [0.2, 0.25) is 5.91 Å². The Kier molecular flexibility index (Phi) is 6.22. The van der Waals surface area contributed by atoms with Crippen molar-refractivity contribution in [3.8, 4) is 0 Å². The van der Waals surface area contributed by atoms with Crippen LogP contribution in [-0.2, 0) is 9.53 Å². The lowest BCUT2D eigenvalue weighted by Crippen LogP contribution is -2.49. The van der Waals surface area contributed by atoms with E-state index in [1.165, 1.54) is 0 Å². The lowest BCUT2D eigenvalue weighted by atomic mass is 10.3. The molecular weight excluding hydrogens is 256 g/mol. The molecule has 0 aliphatic carbocycles. The average molecular weight is 284 g/mol. The van der Waals surface area contributed by atoms with Crippen LogP contribution in [0, 0.1) is 0 Å². The van der Waals surface area contributed by atoms with Gasteiger partial charge in [-0.2, -0.15) is 0 Å². The third kappa shape index (κ3) is 5.01. The molecule has 6 nitrogen and oxygen atoms in total. The molecule has 2 saturated heterocycles. The van der Waals surface area contributed by atoms with Gasteiger partial charge in [0.15, 0.2) is 0 Å². The Hall–Kier alpha value is -0.690. The molecular formula is C14H28N4O2. The van der Waals surface area contributed by atoms with Crippen molar-refractivity contribution >= 4 is 5.91 Å². The number of amides is 1. The molecule has 0 aromatic rings. The molecule has 6 heteroatoms. The lowest BCUT2D eigenvalue weighted by molar-refractivity contribution is -0.139. The number of piperazine rings is 1. The van der Waals surface area contributed by atoms with Gasteiger partial charge in [-0.05, 0) is 14.0 Å². The summed E-state index contributed by atoms with van der Waals surface area (Å²) in [6.07, 6.45) is 0.166. The summed E-state index contributed by atoms with van der Waals surface area (Å²) in [5.74, 6) is 0.225. The van der Waals surface area contributed by atoms with Crippen LogP contribution in [0.2, 0.25) is 0 Å². The molecule has 0 radical (unpaired) electrons. The van der Waals surface area contributed by atoms with Crippen LogP contribution >= 0.6 is 0 Å². The third-order valence-electron chi connectivity index (χ3n) is 4.01. The van der Waals surface area contributed by atoms with Gasteiger partial charge in [-0.1, -0.05) is 0 Å². The molecule has 0 aromatic heterocycles. The van der Waals surface area contributed by atoms with Crippen molar-refractivity contribution in [2.24, 2.45) is 0 Å². The van der Waals surface area contributed by atoms with Crippen molar-refractivity contribution in [2.45, 2.75) is 13.0 Å². The molecule has 0 bridgehead atoms. The van der Waals surface area contributed by atoms with Gasteiger partial charge in [0, 0.05) is 52.4 Å². The Morgan fingerprint density at radius 2 is 2.10 bits per heavy atom. The zero-order valence-electron chi connectivity index (χ0n) is 12.8. The molecule has 0 spiro atoms. The first-order valence-electron chi connectivity index (χ1n) is 7.66. The molecule has 0 saturated carbocycles. The zero-order chi connectivity index (χ0) is 14.4. The molecule has 2 aliphatic heterocycles. The molecule has 2 aliphatic rings. The van der Waals surface area contributed by atoms with Crippen molar-refractivity contribution in [2.75, 3.05) is 72.6 Å². The standard InChI is InChI=1S/C14H28N4O2/c1-13-11-18(9-10-20-13)14(19)12-16(2)7-8-17-5-3-15-4-6-17/h13,15H,3-12H2,1-2H3. The van der Waals surface area contributed by atoms with Crippen LogP contribution in [0.25, 0.3) is 0 Å². The number of nitrogens with zero attached hydrogens (tertiary/aromatic N) is 3. The van der Waals surface area contributed by atoms with Crippen LogP contribution in [0.1, 0.15) is 6.92 Å². The number of nitrogens with one attached hydrogen (secondary N) is 1. The number of carbonyl (C=O) groups is 1. The highest BCUT2D eigenvalue weighted by molar-refractivity contribution is 5.78. The molecule has 2 rings (SSSR count). The fourth-order valence-corrected chi connectivity index (χ4v) is 2.70. The van der Waals surface area contributed by atoms with Crippen molar-refractivity contribution < 1.29 is 9.53 Å². The SMILES string of the molecule is CC1CN(C(=O)CN(C)CCN2CCNCC2)CCO1. The fourth-order valence-electron chi connectivity index (χ4n) is 2.70. The summed E-state index contributed by atoms with van der Waals surface area (Å²) >= 11 is 0. The highest BCUT2D eigenvalue weighted by Crippen LogP contribution is 2.05. The third-order valence-corrected chi connectivity index (χ3v) is 4.01. The van der Waals surface area contributed by atoms with Crippen LogP contribution in [0.15, 0.2) is 0 Å². The quantitative estimate of drug-likeness (QED) is 0.707. The fraction of sp³-hybridized carbons (Fsp3) is 0.929. The summed E-state index contributed by atoms with van der Waals surface area (Å²) in [7, 11) is 2.03. The second-order valence-electron chi connectivity index (χ2n) is 5.85. The Labute approximate surface area is 122 Å². The van der Waals surface area contributed by atoms with E-state index in [0.29, 0.717) is 13.2 Å². The van der Waals surface area contributed by atoms with E-state index < -0.39 is 0 Å². The van der Waals surface area contributed by atoms with Crippen LogP contribution < -0.4 is 5.32 Å². The maximum atomic E-state index is 12.2. The summed E-state index contributed by atoms with van der Waals surface area (Å²) < 4.78 is 5.47. The molecule has 116 valence electrons. The first-order chi connectivity index (χ1) is 9.65. The minimum absolute atomic E-state index is 0.166. The maximum Gasteiger partial charge on any atom is 0.236 e. The summed E-state index contributed by atoms with van der Waals surface area (Å²) in [6, 6.07) is 0. The van der Waals surface area contributed by atoms with Crippen LogP contribution in [-0.4, -0.2) is 99.3 Å². The van der Waals surface area contributed by atoms with E-state index >= 15 is 0 Å². The predicted molar refractivity (Wildman–Crippen MR) is 78.8 cm³/mol. The van der Waals surface area contributed by atoms with E-state index in [-0.39, 0.29) is 12.0 Å². The summed E-state index contributed by atoms with van der Waals surface area (Å²) in [5.41, 5.74) is 0. The van der Waals surface area contributed by atoms with Gasteiger partial charge >= 0.3 is 0 Å². The molecule has 0 aromatic carbocycles. The Bertz CT molecular complexity index is 308. The van der Waals surface area contributed by atoms with Crippen molar-refractivity contribution in [3.63, 3.8) is 0 Å². The minimum atomic E-state index is 0.166. The number of rotatable bonds is 5. The zero-order valence-corrected chi connectivity index (χ0v) is 12.8. The summed E-state index contributed by atoms with van der Waals surface area (Å²) in [5, 5.41) is 3.35. The first kappa shape index (κ1) is 15.7. The summed E-state index contributed by atoms with van der Waals surface area (Å²) in [6.45, 7) is 11.0. The van der Waals surface area contributed by atoms with E-state index in [0.717, 1.165) is 52.4 Å². The number of carbonyl (C=O) groups excluding carboxylic acids is 1. The van der Waals surface area contributed by atoms with Gasteiger partial charge in [-0.25, -0.2) is 0 Å². The normalized spacial score (nSPS) is 25.1. The molecule has 1 atom stereocenters. The number of ether oxygens (including phenoxy) is 1. The second kappa shape index (κ2) is 7.93. The summed E-state index contributed by atoms with van der Waals surface area (Å²) in [4.78, 5) is 18.7. The van der Waals surface area contributed by atoms with E-state index in [4.69, 9.17) is 4.74 Å². The van der Waals surface area contributed by atoms with Gasteiger partial charge in [0.25, 0.3) is 0 Å². The number of morpholine rings is 1. The van der Waals surface area contributed by atoms with Gasteiger partial charge in [-0.15, -0.1) is 0 Å². The largest absolute Gasteiger partial charge is 0.375 e.